The highest BCUT2D eigenvalue weighted by molar-refractivity contribution is 5.96. The Morgan fingerprint density at radius 1 is 1.39 bits per heavy atom. The number of hydrazone groups is 1. The summed E-state index contributed by atoms with van der Waals surface area (Å²) < 4.78 is 0. The zero-order chi connectivity index (χ0) is 17.0. The summed E-state index contributed by atoms with van der Waals surface area (Å²) in [4.78, 5) is 22.4. The van der Waals surface area contributed by atoms with Crippen molar-refractivity contribution in [1.29, 1.82) is 0 Å². The Hall–Kier alpha value is -2.24. The molecule has 6 heteroatoms. The van der Waals surface area contributed by atoms with E-state index in [0.29, 0.717) is 17.8 Å². The summed E-state index contributed by atoms with van der Waals surface area (Å²) in [5.41, 5.74) is 3.74. The highest BCUT2D eigenvalue weighted by Crippen LogP contribution is 2.31. The van der Waals surface area contributed by atoms with E-state index in [-0.39, 0.29) is 11.3 Å². The molecule has 0 saturated heterocycles. The molecule has 1 aromatic rings. The molecule has 1 N–H and O–H groups in total. The van der Waals surface area contributed by atoms with Crippen molar-refractivity contribution >= 4 is 17.3 Å². The molecule has 0 aliphatic heterocycles. The maximum Gasteiger partial charge on any atom is 0.271 e. The molecular formula is C17H23N3O3. The third kappa shape index (κ3) is 4.37. The molecule has 1 aliphatic carbocycles. The topological polar surface area (TPSA) is 84.6 Å². The maximum absolute atomic E-state index is 12.2. The van der Waals surface area contributed by atoms with Crippen LogP contribution in [0, 0.1) is 27.9 Å². The molecule has 6 nitrogen and oxygen atoms in total. The van der Waals surface area contributed by atoms with Crippen LogP contribution in [0.25, 0.3) is 0 Å². The highest BCUT2D eigenvalue weighted by atomic mass is 16.6. The minimum Gasteiger partial charge on any atom is -0.267 e. The Balaban J connectivity index is 2.12. The Morgan fingerprint density at radius 3 is 2.78 bits per heavy atom. The van der Waals surface area contributed by atoms with Crippen LogP contribution in [-0.4, -0.2) is 16.5 Å². The van der Waals surface area contributed by atoms with E-state index in [1.54, 1.807) is 6.07 Å². The second kappa shape index (κ2) is 7.35. The molecule has 0 spiro atoms. The van der Waals surface area contributed by atoms with Gasteiger partial charge in [0.15, 0.2) is 0 Å². The number of nitrogens with zero attached hydrogens (tertiary/aromatic N) is 2. The number of nitro benzene ring substituents is 1. The number of carbonyl (C=O) groups excluding carboxylic acids is 1. The molecule has 0 radical (unpaired) electrons. The predicted molar refractivity (Wildman–Crippen MR) is 89.3 cm³/mol. The van der Waals surface area contributed by atoms with Crippen LogP contribution in [0.4, 0.5) is 5.69 Å². The number of non-ortho nitro benzene ring substituents is 1. The second-order valence-corrected chi connectivity index (χ2v) is 6.59. The molecule has 23 heavy (non-hydrogen) atoms. The van der Waals surface area contributed by atoms with Crippen LogP contribution in [0.2, 0.25) is 0 Å². The van der Waals surface area contributed by atoms with Crippen LogP contribution in [0.3, 0.4) is 0 Å². The van der Waals surface area contributed by atoms with Crippen LogP contribution in [0.5, 0.6) is 0 Å². The molecule has 0 bridgehead atoms. The Kier molecular flexibility index (Phi) is 5.47. The normalized spacial score (nSPS) is 23.0. The molecular weight excluding hydrogens is 294 g/mol. The Morgan fingerprint density at radius 2 is 2.13 bits per heavy atom. The van der Waals surface area contributed by atoms with Gasteiger partial charge in [0.05, 0.1) is 4.92 Å². The van der Waals surface area contributed by atoms with Gasteiger partial charge in [-0.25, -0.2) is 5.43 Å². The van der Waals surface area contributed by atoms with E-state index in [4.69, 9.17) is 0 Å². The lowest BCUT2D eigenvalue weighted by Crippen LogP contribution is -2.31. The molecule has 1 saturated carbocycles. The largest absolute Gasteiger partial charge is 0.271 e. The number of nitro groups is 1. The first kappa shape index (κ1) is 17.1. The maximum atomic E-state index is 12.2. The Bertz CT molecular complexity index is 625. The van der Waals surface area contributed by atoms with Crippen LogP contribution in [0.15, 0.2) is 29.4 Å². The summed E-state index contributed by atoms with van der Waals surface area (Å²) in [5, 5.41) is 15.1. The average Bonchev–Trinajstić information content (AvgIpc) is 2.52. The van der Waals surface area contributed by atoms with Gasteiger partial charge in [0, 0.05) is 29.3 Å². The van der Waals surface area contributed by atoms with Crippen molar-refractivity contribution in [3.8, 4) is 0 Å². The molecule has 1 amide bonds. The number of amides is 1. The predicted octanol–water partition coefficient (Wildman–Crippen LogP) is 3.77. The fourth-order valence-corrected chi connectivity index (χ4v) is 3.04. The second-order valence-electron chi connectivity index (χ2n) is 6.59. The van der Waals surface area contributed by atoms with E-state index >= 15 is 0 Å². The summed E-state index contributed by atoms with van der Waals surface area (Å²) in [5.74, 6) is 1.02. The first-order valence-corrected chi connectivity index (χ1v) is 7.99. The van der Waals surface area contributed by atoms with Gasteiger partial charge in [0.2, 0.25) is 0 Å². The van der Waals surface area contributed by atoms with Gasteiger partial charge in [0.25, 0.3) is 11.6 Å². The lowest BCUT2D eigenvalue weighted by atomic mass is 9.76. The van der Waals surface area contributed by atoms with Crippen molar-refractivity contribution in [2.45, 2.75) is 40.0 Å². The summed E-state index contributed by atoms with van der Waals surface area (Å²) in [6.07, 6.45) is 3.16. The zero-order valence-electron chi connectivity index (χ0n) is 13.8. The minimum atomic E-state index is -0.514. The van der Waals surface area contributed by atoms with E-state index in [1.165, 1.54) is 24.6 Å². The number of nitrogens with one attached hydrogen (secondary N) is 1. The van der Waals surface area contributed by atoms with Crippen LogP contribution in [0.1, 0.15) is 50.4 Å². The zero-order valence-corrected chi connectivity index (χ0v) is 13.8. The van der Waals surface area contributed by atoms with Crippen LogP contribution >= 0.6 is 0 Å². The van der Waals surface area contributed by atoms with Gasteiger partial charge in [-0.05, 0) is 37.2 Å². The van der Waals surface area contributed by atoms with Gasteiger partial charge >= 0.3 is 0 Å². The molecule has 1 fully saturated rings. The molecule has 1 aromatic carbocycles. The lowest BCUT2D eigenvalue weighted by Gasteiger charge is -2.30. The molecule has 1 aliphatic rings. The quantitative estimate of drug-likeness (QED) is 0.677. The van der Waals surface area contributed by atoms with Gasteiger partial charge in [0.1, 0.15) is 0 Å². The lowest BCUT2D eigenvalue weighted by molar-refractivity contribution is -0.384. The van der Waals surface area contributed by atoms with E-state index in [1.807, 2.05) is 0 Å². The SMILES string of the molecule is CC(C)[C@@H]1CC[C@H](C)C/C1=N/NC(=O)c1cccc([N+](=O)[O-])c1. The van der Waals surface area contributed by atoms with Gasteiger partial charge in [-0.3, -0.25) is 14.9 Å². The van der Waals surface area contributed by atoms with E-state index in [0.717, 1.165) is 18.6 Å². The standard InChI is InChI=1S/C17H23N3O3/c1-11(2)15-8-7-12(3)9-16(15)18-19-17(21)13-5-4-6-14(10-13)20(22)23/h4-6,10-12,15H,7-9H2,1-3H3,(H,19,21)/b18-16-/t12-,15-/m0/s1. The van der Waals surface area contributed by atoms with Crippen molar-refractivity contribution in [2.75, 3.05) is 0 Å². The van der Waals surface area contributed by atoms with Crippen molar-refractivity contribution in [2.24, 2.45) is 22.9 Å². The van der Waals surface area contributed by atoms with Crippen LogP contribution < -0.4 is 5.43 Å². The van der Waals surface area contributed by atoms with E-state index in [9.17, 15) is 14.9 Å². The highest BCUT2D eigenvalue weighted by Gasteiger charge is 2.27. The number of hydrogen-bond acceptors (Lipinski definition) is 4. The first-order valence-electron chi connectivity index (χ1n) is 7.99. The molecule has 2 rings (SSSR count). The molecule has 124 valence electrons. The first-order chi connectivity index (χ1) is 10.9. The molecule has 0 unspecified atom stereocenters. The molecule has 0 heterocycles. The Labute approximate surface area is 136 Å². The summed E-state index contributed by atoms with van der Waals surface area (Å²) in [6, 6.07) is 5.67. The van der Waals surface area contributed by atoms with Crippen molar-refractivity contribution in [3.05, 3.63) is 39.9 Å². The monoisotopic (exact) mass is 317 g/mol. The van der Waals surface area contributed by atoms with Gasteiger partial charge in [-0.1, -0.05) is 26.8 Å². The van der Waals surface area contributed by atoms with Crippen molar-refractivity contribution in [3.63, 3.8) is 0 Å². The fraction of sp³-hybridized carbons (Fsp3) is 0.529. The fourth-order valence-electron chi connectivity index (χ4n) is 3.04. The van der Waals surface area contributed by atoms with E-state index in [2.05, 4.69) is 31.3 Å². The summed E-state index contributed by atoms with van der Waals surface area (Å²) >= 11 is 0. The van der Waals surface area contributed by atoms with Gasteiger partial charge in [-0.15, -0.1) is 0 Å². The number of hydrogen-bond donors (Lipinski definition) is 1. The third-order valence-electron chi connectivity index (χ3n) is 4.38. The third-order valence-corrected chi connectivity index (χ3v) is 4.38. The number of benzene rings is 1. The number of carbonyl (C=O) groups is 1. The smallest absolute Gasteiger partial charge is 0.267 e. The number of rotatable bonds is 4. The summed E-state index contributed by atoms with van der Waals surface area (Å²) in [6.45, 7) is 6.52. The minimum absolute atomic E-state index is 0.100. The van der Waals surface area contributed by atoms with Gasteiger partial charge < -0.3 is 0 Å². The van der Waals surface area contributed by atoms with Crippen molar-refractivity contribution in [1.82, 2.24) is 5.43 Å². The van der Waals surface area contributed by atoms with Crippen molar-refractivity contribution < 1.29 is 9.72 Å². The average molecular weight is 317 g/mol. The van der Waals surface area contributed by atoms with Crippen LogP contribution in [-0.2, 0) is 0 Å². The summed E-state index contributed by atoms with van der Waals surface area (Å²) in [7, 11) is 0. The molecule has 2 atom stereocenters. The van der Waals surface area contributed by atoms with Gasteiger partial charge in [-0.2, -0.15) is 5.10 Å². The molecule has 0 aromatic heterocycles. The van der Waals surface area contributed by atoms with E-state index < -0.39 is 10.8 Å².